The molecule has 1 aromatic heterocycles. The summed E-state index contributed by atoms with van der Waals surface area (Å²) in [5.74, 6) is 0.708. The molecule has 0 spiro atoms. The molecule has 0 radical (unpaired) electrons. The van der Waals surface area contributed by atoms with E-state index in [4.69, 9.17) is 0 Å². The minimum absolute atomic E-state index is 0.166. The Hall–Kier alpha value is -3.09. The van der Waals surface area contributed by atoms with Gasteiger partial charge in [0.15, 0.2) is 0 Å². The van der Waals surface area contributed by atoms with Crippen LogP contribution in [0.3, 0.4) is 0 Å². The Bertz CT molecular complexity index is 727. The standard InChI is InChI=1S/C18H23N5O2/c1-4-23(5-2)17-10-9-16(12-19-17)22-18(25)21-15-8-6-7-14(11-15)20-13(3)24/h6-12H,4-5H2,1-3H3,(H,20,24)(H2,21,22,25). The average molecular weight is 341 g/mol. The molecule has 0 aliphatic rings. The zero-order chi connectivity index (χ0) is 18.2. The van der Waals surface area contributed by atoms with Gasteiger partial charge in [-0.25, -0.2) is 9.78 Å². The lowest BCUT2D eigenvalue weighted by atomic mass is 10.2. The predicted octanol–water partition coefficient (Wildman–Crippen LogP) is 3.53. The van der Waals surface area contributed by atoms with Gasteiger partial charge in [-0.1, -0.05) is 6.07 Å². The lowest BCUT2D eigenvalue weighted by Crippen LogP contribution is -2.23. The van der Waals surface area contributed by atoms with Gasteiger partial charge in [0.1, 0.15) is 5.82 Å². The van der Waals surface area contributed by atoms with Gasteiger partial charge in [-0.15, -0.1) is 0 Å². The van der Waals surface area contributed by atoms with Crippen molar-refractivity contribution in [1.29, 1.82) is 0 Å². The number of anilines is 4. The third-order valence-corrected chi connectivity index (χ3v) is 3.53. The fourth-order valence-electron chi connectivity index (χ4n) is 2.37. The van der Waals surface area contributed by atoms with Gasteiger partial charge in [-0.05, 0) is 44.2 Å². The number of pyridine rings is 1. The molecule has 3 amide bonds. The first-order valence-electron chi connectivity index (χ1n) is 8.18. The second kappa shape index (κ2) is 8.68. The molecule has 0 fully saturated rings. The first kappa shape index (κ1) is 18.3. The molecule has 2 aromatic rings. The highest BCUT2D eigenvalue weighted by Crippen LogP contribution is 2.17. The maximum Gasteiger partial charge on any atom is 0.323 e. The molecule has 0 aliphatic heterocycles. The molecule has 2 rings (SSSR count). The van der Waals surface area contributed by atoms with Gasteiger partial charge in [0.05, 0.1) is 11.9 Å². The molecule has 25 heavy (non-hydrogen) atoms. The summed E-state index contributed by atoms with van der Waals surface area (Å²) < 4.78 is 0. The number of nitrogens with one attached hydrogen (secondary N) is 3. The smallest absolute Gasteiger partial charge is 0.323 e. The van der Waals surface area contributed by atoms with Gasteiger partial charge in [-0.2, -0.15) is 0 Å². The van der Waals surface area contributed by atoms with Crippen LogP contribution in [0.1, 0.15) is 20.8 Å². The lowest BCUT2D eigenvalue weighted by Gasteiger charge is -2.19. The van der Waals surface area contributed by atoms with Crippen molar-refractivity contribution in [2.45, 2.75) is 20.8 Å². The number of hydrogen-bond acceptors (Lipinski definition) is 4. The molecule has 0 bridgehead atoms. The summed E-state index contributed by atoms with van der Waals surface area (Å²) in [6.45, 7) is 7.32. The van der Waals surface area contributed by atoms with Crippen LogP contribution in [-0.4, -0.2) is 30.0 Å². The summed E-state index contributed by atoms with van der Waals surface area (Å²) in [6.07, 6.45) is 1.63. The molecule has 7 heteroatoms. The number of amides is 3. The highest BCUT2D eigenvalue weighted by atomic mass is 16.2. The number of nitrogens with zero attached hydrogens (tertiary/aromatic N) is 2. The molecule has 3 N–H and O–H groups in total. The number of rotatable bonds is 6. The third kappa shape index (κ3) is 5.49. The van der Waals surface area contributed by atoms with E-state index in [-0.39, 0.29) is 11.9 Å². The first-order chi connectivity index (χ1) is 12.0. The fraction of sp³-hybridized carbons (Fsp3) is 0.278. The van der Waals surface area contributed by atoms with Crippen molar-refractivity contribution in [3.63, 3.8) is 0 Å². The molecule has 0 atom stereocenters. The van der Waals surface area contributed by atoms with Gasteiger partial charge >= 0.3 is 6.03 Å². The Morgan fingerprint density at radius 3 is 2.16 bits per heavy atom. The van der Waals surface area contributed by atoms with E-state index in [0.29, 0.717) is 17.1 Å². The maximum absolute atomic E-state index is 12.1. The number of urea groups is 1. The minimum atomic E-state index is -0.377. The van der Waals surface area contributed by atoms with Crippen LogP contribution in [0.25, 0.3) is 0 Å². The van der Waals surface area contributed by atoms with Crippen LogP contribution in [-0.2, 0) is 4.79 Å². The zero-order valence-electron chi connectivity index (χ0n) is 14.7. The second-order valence-corrected chi connectivity index (χ2v) is 5.42. The van der Waals surface area contributed by atoms with Crippen LogP contribution >= 0.6 is 0 Å². The normalized spacial score (nSPS) is 10.0. The van der Waals surface area contributed by atoms with E-state index in [1.54, 1.807) is 30.5 Å². The Balaban J connectivity index is 1.97. The topological polar surface area (TPSA) is 86.4 Å². The summed E-state index contributed by atoms with van der Waals surface area (Å²) >= 11 is 0. The molecule has 0 saturated carbocycles. The fourth-order valence-corrected chi connectivity index (χ4v) is 2.37. The van der Waals surface area contributed by atoms with E-state index in [0.717, 1.165) is 18.9 Å². The van der Waals surface area contributed by atoms with Gasteiger partial charge in [0.25, 0.3) is 0 Å². The molecule has 0 unspecified atom stereocenters. The van der Waals surface area contributed by atoms with E-state index in [2.05, 4.69) is 39.7 Å². The van der Waals surface area contributed by atoms with Crippen LogP contribution in [0, 0.1) is 0 Å². The Kier molecular flexibility index (Phi) is 6.33. The average Bonchev–Trinajstić information content (AvgIpc) is 2.57. The summed E-state index contributed by atoms with van der Waals surface area (Å²) in [5, 5.41) is 8.13. The van der Waals surface area contributed by atoms with E-state index in [9.17, 15) is 9.59 Å². The number of carbonyl (C=O) groups excluding carboxylic acids is 2. The maximum atomic E-state index is 12.1. The lowest BCUT2D eigenvalue weighted by molar-refractivity contribution is -0.114. The summed E-state index contributed by atoms with van der Waals surface area (Å²) in [6, 6.07) is 10.2. The van der Waals surface area contributed by atoms with Crippen LogP contribution in [0.15, 0.2) is 42.6 Å². The van der Waals surface area contributed by atoms with Gasteiger partial charge in [0.2, 0.25) is 5.91 Å². The SMILES string of the molecule is CCN(CC)c1ccc(NC(=O)Nc2cccc(NC(C)=O)c2)cn1. The zero-order valence-corrected chi connectivity index (χ0v) is 14.7. The van der Waals surface area contributed by atoms with Crippen LogP contribution in [0.5, 0.6) is 0 Å². The van der Waals surface area contributed by atoms with Crippen molar-refractivity contribution in [2.75, 3.05) is 33.9 Å². The van der Waals surface area contributed by atoms with Crippen molar-refractivity contribution < 1.29 is 9.59 Å². The Labute approximate surface area is 147 Å². The quantitative estimate of drug-likeness (QED) is 0.750. The van der Waals surface area contributed by atoms with Gasteiger partial charge in [0, 0.05) is 31.4 Å². The highest BCUT2D eigenvalue weighted by molar-refractivity contribution is 6.00. The molecular formula is C18H23N5O2. The Morgan fingerprint density at radius 1 is 0.960 bits per heavy atom. The van der Waals surface area contributed by atoms with Crippen LogP contribution in [0.2, 0.25) is 0 Å². The molecular weight excluding hydrogens is 318 g/mol. The summed E-state index contributed by atoms with van der Waals surface area (Å²) in [7, 11) is 0. The number of carbonyl (C=O) groups is 2. The van der Waals surface area contributed by atoms with Crippen LogP contribution < -0.4 is 20.9 Å². The van der Waals surface area contributed by atoms with Gasteiger partial charge < -0.3 is 20.9 Å². The second-order valence-electron chi connectivity index (χ2n) is 5.42. The molecule has 1 heterocycles. The largest absolute Gasteiger partial charge is 0.357 e. The minimum Gasteiger partial charge on any atom is -0.357 e. The van der Waals surface area contributed by atoms with Crippen LogP contribution in [0.4, 0.5) is 27.7 Å². The molecule has 1 aromatic carbocycles. The van der Waals surface area contributed by atoms with Crippen molar-refractivity contribution in [3.05, 3.63) is 42.6 Å². The summed E-state index contributed by atoms with van der Waals surface area (Å²) in [5.41, 5.74) is 1.80. The molecule has 0 aliphatic carbocycles. The number of aromatic nitrogens is 1. The molecule has 132 valence electrons. The van der Waals surface area contributed by atoms with Crippen molar-refractivity contribution in [3.8, 4) is 0 Å². The predicted molar refractivity (Wildman–Crippen MR) is 101 cm³/mol. The Morgan fingerprint density at radius 2 is 1.60 bits per heavy atom. The highest BCUT2D eigenvalue weighted by Gasteiger charge is 2.06. The first-order valence-corrected chi connectivity index (χ1v) is 8.18. The van der Waals surface area contributed by atoms with Crippen molar-refractivity contribution in [2.24, 2.45) is 0 Å². The monoisotopic (exact) mass is 341 g/mol. The van der Waals surface area contributed by atoms with Crippen molar-refractivity contribution >= 4 is 34.8 Å². The van der Waals surface area contributed by atoms with E-state index >= 15 is 0 Å². The van der Waals surface area contributed by atoms with E-state index in [1.165, 1.54) is 6.92 Å². The number of benzene rings is 1. The third-order valence-electron chi connectivity index (χ3n) is 3.53. The van der Waals surface area contributed by atoms with Gasteiger partial charge in [-0.3, -0.25) is 4.79 Å². The van der Waals surface area contributed by atoms with E-state index in [1.807, 2.05) is 12.1 Å². The summed E-state index contributed by atoms with van der Waals surface area (Å²) in [4.78, 5) is 29.7. The molecule has 7 nitrogen and oxygen atoms in total. The number of hydrogen-bond donors (Lipinski definition) is 3. The molecule has 0 saturated heterocycles. The van der Waals surface area contributed by atoms with Crippen molar-refractivity contribution in [1.82, 2.24) is 4.98 Å². The van der Waals surface area contributed by atoms with E-state index < -0.39 is 0 Å².